The van der Waals surface area contributed by atoms with Crippen molar-refractivity contribution in [3.63, 3.8) is 0 Å². The van der Waals surface area contributed by atoms with Crippen molar-refractivity contribution in [2.75, 3.05) is 7.11 Å². The lowest BCUT2D eigenvalue weighted by Crippen LogP contribution is -1.85. The van der Waals surface area contributed by atoms with E-state index in [9.17, 15) is 5.11 Å². The third-order valence-corrected chi connectivity index (χ3v) is 1.96. The average Bonchev–Trinajstić information content (AvgIpc) is 2.70. The molecule has 0 unspecified atom stereocenters. The highest BCUT2D eigenvalue weighted by Crippen LogP contribution is 2.29. The summed E-state index contributed by atoms with van der Waals surface area (Å²) in [5.74, 6) is 1.42. The standard InChI is InChI=1S/C10H10N2O2/c1-14-7-2-3-8(9(13)6-7)10-11-4-5-12-10/h2-6,13H,1H3,(H,11,12). The number of imidazole rings is 1. The van der Waals surface area contributed by atoms with Crippen LogP contribution in [0.25, 0.3) is 11.4 Å². The van der Waals surface area contributed by atoms with Gasteiger partial charge in [0.25, 0.3) is 0 Å². The molecule has 1 heterocycles. The number of hydrogen-bond acceptors (Lipinski definition) is 3. The normalized spacial score (nSPS) is 10.1. The topological polar surface area (TPSA) is 58.1 Å². The lowest BCUT2D eigenvalue weighted by molar-refractivity contribution is 0.408. The number of rotatable bonds is 2. The molecular formula is C10H10N2O2. The van der Waals surface area contributed by atoms with Crippen molar-refractivity contribution in [2.45, 2.75) is 0 Å². The quantitative estimate of drug-likeness (QED) is 0.759. The highest BCUT2D eigenvalue weighted by Gasteiger charge is 2.06. The Morgan fingerprint density at radius 2 is 2.29 bits per heavy atom. The summed E-state index contributed by atoms with van der Waals surface area (Å²) < 4.78 is 4.98. The molecule has 2 N–H and O–H groups in total. The second-order valence-corrected chi connectivity index (χ2v) is 2.82. The number of hydrogen-bond donors (Lipinski definition) is 2. The van der Waals surface area contributed by atoms with Gasteiger partial charge in [-0.2, -0.15) is 0 Å². The van der Waals surface area contributed by atoms with Crippen LogP contribution in [-0.4, -0.2) is 22.2 Å². The molecule has 72 valence electrons. The first-order valence-corrected chi connectivity index (χ1v) is 4.18. The zero-order chi connectivity index (χ0) is 9.97. The Kier molecular flexibility index (Phi) is 2.10. The molecule has 0 amide bonds. The van der Waals surface area contributed by atoms with Gasteiger partial charge in [-0.1, -0.05) is 0 Å². The van der Waals surface area contributed by atoms with Crippen LogP contribution >= 0.6 is 0 Å². The summed E-state index contributed by atoms with van der Waals surface area (Å²) in [6.07, 6.45) is 3.35. The zero-order valence-electron chi connectivity index (χ0n) is 7.69. The van der Waals surface area contributed by atoms with Crippen LogP contribution in [0.1, 0.15) is 0 Å². The first-order chi connectivity index (χ1) is 6.81. The molecule has 2 rings (SSSR count). The van der Waals surface area contributed by atoms with E-state index in [1.165, 1.54) is 0 Å². The van der Waals surface area contributed by atoms with Gasteiger partial charge in [0.2, 0.25) is 0 Å². The Bertz CT molecular complexity index is 424. The SMILES string of the molecule is COc1ccc(-c2ncc[nH]2)c(O)c1. The van der Waals surface area contributed by atoms with Gasteiger partial charge in [-0.25, -0.2) is 4.98 Å². The Morgan fingerprint density at radius 3 is 2.86 bits per heavy atom. The smallest absolute Gasteiger partial charge is 0.141 e. The summed E-state index contributed by atoms with van der Waals surface area (Å²) >= 11 is 0. The Hall–Kier alpha value is -1.97. The van der Waals surface area contributed by atoms with Gasteiger partial charge in [0.1, 0.15) is 17.3 Å². The van der Waals surface area contributed by atoms with Crippen molar-refractivity contribution in [3.05, 3.63) is 30.6 Å². The largest absolute Gasteiger partial charge is 0.507 e. The van der Waals surface area contributed by atoms with Gasteiger partial charge in [0.05, 0.1) is 12.7 Å². The van der Waals surface area contributed by atoms with Crippen LogP contribution in [0.2, 0.25) is 0 Å². The van der Waals surface area contributed by atoms with Crippen LogP contribution in [-0.2, 0) is 0 Å². The van der Waals surface area contributed by atoms with Crippen LogP contribution in [0.5, 0.6) is 11.5 Å². The predicted octanol–water partition coefficient (Wildman–Crippen LogP) is 1.79. The second-order valence-electron chi connectivity index (χ2n) is 2.82. The number of nitrogens with zero attached hydrogens (tertiary/aromatic N) is 1. The van der Waals surface area contributed by atoms with Crippen molar-refractivity contribution < 1.29 is 9.84 Å². The Morgan fingerprint density at radius 1 is 1.43 bits per heavy atom. The van der Waals surface area contributed by atoms with E-state index in [0.717, 1.165) is 0 Å². The number of methoxy groups -OCH3 is 1. The number of nitrogens with one attached hydrogen (secondary N) is 1. The molecule has 0 aliphatic heterocycles. The van der Waals surface area contributed by atoms with Gasteiger partial charge < -0.3 is 14.8 Å². The maximum Gasteiger partial charge on any atom is 0.141 e. The minimum Gasteiger partial charge on any atom is -0.507 e. The minimum absolute atomic E-state index is 0.152. The number of benzene rings is 1. The molecule has 0 radical (unpaired) electrons. The van der Waals surface area contributed by atoms with Gasteiger partial charge in [0.15, 0.2) is 0 Å². The number of H-pyrrole nitrogens is 1. The zero-order valence-corrected chi connectivity index (χ0v) is 7.69. The van der Waals surface area contributed by atoms with E-state index < -0.39 is 0 Å². The first-order valence-electron chi connectivity index (χ1n) is 4.18. The van der Waals surface area contributed by atoms with Crippen LogP contribution in [0, 0.1) is 0 Å². The number of aromatic amines is 1. The van der Waals surface area contributed by atoms with Crippen molar-refractivity contribution >= 4 is 0 Å². The van der Waals surface area contributed by atoms with E-state index in [0.29, 0.717) is 17.1 Å². The lowest BCUT2D eigenvalue weighted by Gasteiger charge is -2.03. The fourth-order valence-corrected chi connectivity index (χ4v) is 1.25. The number of aromatic nitrogens is 2. The lowest BCUT2D eigenvalue weighted by atomic mass is 10.2. The molecule has 1 aromatic carbocycles. The van der Waals surface area contributed by atoms with E-state index in [-0.39, 0.29) is 5.75 Å². The Balaban J connectivity index is 2.46. The van der Waals surface area contributed by atoms with Crippen LogP contribution in [0.3, 0.4) is 0 Å². The first kappa shape index (κ1) is 8.62. The predicted molar refractivity (Wildman–Crippen MR) is 52.2 cm³/mol. The van der Waals surface area contributed by atoms with Crippen LogP contribution in [0.4, 0.5) is 0 Å². The van der Waals surface area contributed by atoms with Gasteiger partial charge >= 0.3 is 0 Å². The minimum atomic E-state index is 0.152. The molecule has 4 nitrogen and oxygen atoms in total. The molecule has 0 fully saturated rings. The summed E-state index contributed by atoms with van der Waals surface area (Å²) in [5, 5.41) is 9.65. The van der Waals surface area contributed by atoms with E-state index >= 15 is 0 Å². The number of phenols is 1. The molecule has 1 aromatic heterocycles. The molecule has 0 aliphatic rings. The van der Waals surface area contributed by atoms with Crippen molar-refractivity contribution in [2.24, 2.45) is 0 Å². The molecule has 0 saturated carbocycles. The van der Waals surface area contributed by atoms with Gasteiger partial charge in [0, 0.05) is 18.5 Å². The maximum absolute atomic E-state index is 9.65. The highest BCUT2D eigenvalue weighted by molar-refractivity contribution is 5.64. The fraction of sp³-hybridized carbons (Fsp3) is 0.100. The highest BCUT2D eigenvalue weighted by atomic mass is 16.5. The monoisotopic (exact) mass is 190 g/mol. The number of aromatic hydroxyl groups is 1. The van der Waals surface area contributed by atoms with Crippen LogP contribution < -0.4 is 4.74 Å². The fourth-order valence-electron chi connectivity index (χ4n) is 1.25. The summed E-state index contributed by atoms with van der Waals surface area (Å²) in [6, 6.07) is 5.09. The second kappa shape index (κ2) is 3.41. The molecular weight excluding hydrogens is 180 g/mol. The molecule has 14 heavy (non-hydrogen) atoms. The van der Waals surface area contributed by atoms with Gasteiger partial charge in [-0.15, -0.1) is 0 Å². The summed E-state index contributed by atoms with van der Waals surface area (Å²) in [7, 11) is 1.56. The Labute approximate surface area is 81.2 Å². The maximum atomic E-state index is 9.65. The summed E-state index contributed by atoms with van der Waals surface area (Å²) in [6.45, 7) is 0. The summed E-state index contributed by atoms with van der Waals surface area (Å²) in [4.78, 5) is 6.97. The molecule has 0 saturated heterocycles. The van der Waals surface area contributed by atoms with Crippen molar-refractivity contribution in [1.82, 2.24) is 9.97 Å². The molecule has 0 aliphatic carbocycles. The van der Waals surface area contributed by atoms with E-state index in [4.69, 9.17) is 4.74 Å². The summed E-state index contributed by atoms with van der Waals surface area (Å²) in [5.41, 5.74) is 0.663. The number of phenolic OH excluding ortho intramolecular Hbond substituents is 1. The average molecular weight is 190 g/mol. The van der Waals surface area contributed by atoms with Crippen molar-refractivity contribution in [1.29, 1.82) is 0 Å². The van der Waals surface area contributed by atoms with E-state index in [2.05, 4.69) is 9.97 Å². The molecule has 0 atom stereocenters. The van der Waals surface area contributed by atoms with Gasteiger partial charge in [-0.05, 0) is 12.1 Å². The molecule has 0 spiro atoms. The van der Waals surface area contributed by atoms with Crippen LogP contribution in [0.15, 0.2) is 30.6 Å². The molecule has 2 aromatic rings. The molecule has 0 bridgehead atoms. The number of ether oxygens (including phenoxy) is 1. The third kappa shape index (κ3) is 1.42. The van der Waals surface area contributed by atoms with E-state index in [1.54, 1.807) is 37.7 Å². The van der Waals surface area contributed by atoms with Crippen molar-refractivity contribution in [3.8, 4) is 22.9 Å². The van der Waals surface area contributed by atoms with E-state index in [1.807, 2.05) is 0 Å². The third-order valence-electron chi connectivity index (χ3n) is 1.96. The molecule has 4 heteroatoms. The van der Waals surface area contributed by atoms with Gasteiger partial charge in [-0.3, -0.25) is 0 Å².